The quantitative estimate of drug-likeness (QED) is 0.744. The molecule has 15 heavy (non-hydrogen) atoms. The highest BCUT2D eigenvalue weighted by atomic mass is 16.2. The molecule has 1 heterocycles. The number of hydrogen-bond acceptors (Lipinski definition) is 1. The average molecular weight is 210 g/mol. The summed E-state index contributed by atoms with van der Waals surface area (Å²) in [5.41, 5.74) is 0. The van der Waals surface area contributed by atoms with Gasteiger partial charge in [0, 0.05) is 19.1 Å². The lowest BCUT2D eigenvalue weighted by molar-refractivity contribution is 0.173. The van der Waals surface area contributed by atoms with Crippen LogP contribution in [0, 0.1) is 11.8 Å². The largest absolute Gasteiger partial charge is 0.335 e. The minimum absolute atomic E-state index is 0.169. The molecule has 2 atom stereocenters. The van der Waals surface area contributed by atoms with E-state index in [-0.39, 0.29) is 6.03 Å². The van der Waals surface area contributed by atoms with E-state index in [1.165, 1.54) is 12.8 Å². The minimum atomic E-state index is 0.169. The van der Waals surface area contributed by atoms with Crippen LogP contribution in [0.2, 0.25) is 0 Å². The van der Waals surface area contributed by atoms with Crippen LogP contribution in [0.4, 0.5) is 4.79 Å². The van der Waals surface area contributed by atoms with Crippen LogP contribution in [0.25, 0.3) is 0 Å². The maximum absolute atomic E-state index is 11.8. The highest BCUT2D eigenvalue weighted by Crippen LogP contribution is 2.33. The van der Waals surface area contributed by atoms with Crippen molar-refractivity contribution >= 4 is 6.03 Å². The third-order valence-electron chi connectivity index (χ3n) is 3.83. The van der Waals surface area contributed by atoms with Crippen molar-refractivity contribution in [3.05, 3.63) is 0 Å². The lowest BCUT2D eigenvalue weighted by Gasteiger charge is -2.30. The SMILES string of the molecule is CCC1CC1NC(=O)N1CCC(C)CC1. The van der Waals surface area contributed by atoms with Gasteiger partial charge in [-0.15, -0.1) is 0 Å². The number of nitrogens with zero attached hydrogens (tertiary/aromatic N) is 1. The van der Waals surface area contributed by atoms with Crippen molar-refractivity contribution in [2.24, 2.45) is 11.8 Å². The number of amides is 2. The van der Waals surface area contributed by atoms with Crippen LogP contribution in [0.5, 0.6) is 0 Å². The van der Waals surface area contributed by atoms with Crippen LogP contribution < -0.4 is 5.32 Å². The van der Waals surface area contributed by atoms with E-state index < -0.39 is 0 Å². The van der Waals surface area contributed by atoms with Gasteiger partial charge in [-0.3, -0.25) is 0 Å². The molecule has 0 aromatic heterocycles. The van der Waals surface area contributed by atoms with Gasteiger partial charge in [0.05, 0.1) is 0 Å². The van der Waals surface area contributed by atoms with Crippen LogP contribution in [-0.4, -0.2) is 30.1 Å². The molecule has 1 saturated heterocycles. The molecule has 0 spiro atoms. The summed E-state index contributed by atoms with van der Waals surface area (Å²) in [6, 6.07) is 0.643. The normalized spacial score (nSPS) is 31.5. The van der Waals surface area contributed by atoms with Crippen molar-refractivity contribution in [2.75, 3.05) is 13.1 Å². The fraction of sp³-hybridized carbons (Fsp3) is 0.917. The fourth-order valence-corrected chi connectivity index (χ4v) is 2.34. The van der Waals surface area contributed by atoms with E-state index in [0.717, 1.165) is 37.8 Å². The maximum Gasteiger partial charge on any atom is 0.317 e. The molecule has 86 valence electrons. The summed E-state index contributed by atoms with van der Waals surface area (Å²) < 4.78 is 0. The van der Waals surface area contributed by atoms with Gasteiger partial charge in [-0.2, -0.15) is 0 Å². The number of urea groups is 1. The first-order chi connectivity index (χ1) is 7.20. The first-order valence-electron chi connectivity index (χ1n) is 6.26. The number of carbonyl (C=O) groups excluding carboxylic acids is 1. The average Bonchev–Trinajstić information content (AvgIpc) is 2.97. The van der Waals surface area contributed by atoms with Gasteiger partial charge in [0.15, 0.2) is 0 Å². The van der Waals surface area contributed by atoms with Crippen LogP contribution in [0.1, 0.15) is 39.5 Å². The molecular weight excluding hydrogens is 188 g/mol. The Kier molecular flexibility index (Phi) is 3.17. The zero-order valence-electron chi connectivity index (χ0n) is 9.83. The first-order valence-corrected chi connectivity index (χ1v) is 6.26. The number of carbonyl (C=O) groups is 1. The van der Waals surface area contributed by atoms with E-state index in [4.69, 9.17) is 0 Å². The van der Waals surface area contributed by atoms with Gasteiger partial charge >= 0.3 is 6.03 Å². The van der Waals surface area contributed by atoms with Crippen molar-refractivity contribution in [1.82, 2.24) is 10.2 Å². The van der Waals surface area contributed by atoms with E-state index in [2.05, 4.69) is 19.2 Å². The molecule has 2 fully saturated rings. The molecule has 3 nitrogen and oxygen atoms in total. The summed E-state index contributed by atoms with van der Waals surface area (Å²) in [6.45, 7) is 6.34. The van der Waals surface area contributed by atoms with Crippen LogP contribution in [0.3, 0.4) is 0 Å². The van der Waals surface area contributed by atoms with Crippen molar-refractivity contribution in [3.63, 3.8) is 0 Å². The van der Waals surface area contributed by atoms with E-state index in [0.29, 0.717) is 6.04 Å². The van der Waals surface area contributed by atoms with Crippen molar-refractivity contribution < 1.29 is 4.79 Å². The summed E-state index contributed by atoms with van der Waals surface area (Å²) in [7, 11) is 0. The number of likely N-dealkylation sites (tertiary alicyclic amines) is 1. The molecule has 0 aromatic carbocycles. The predicted octanol–water partition coefficient (Wildman–Crippen LogP) is 2.23. The standard InChI is InChI=1S/C12H22N2O/c1-3-10-8-11(10)13-12(15)14-6-4-9(2)5-7-14/h9-11H,3-8H2,1-2H3,(H,13,15). The molecule has 2 amide bonds. The summed E-state index contributed by atoms with van der Waals surface area (Å²) >= 11 is 0. The van der Waals surface area contributed by atoms with Crippen molar-refractivity contribution in [3.8, 4) is 0 Å². The van der Waals surface area contributed by atoms with Crippen molar-refractivity contribution in [1.29, 1.82) is 0 Å². The molecule has 0 bridgehead atoms. The number of rotatable bonds is 2. The second-order valence-electron chi connectivity index (χ2n) is 5.13. The molecule has 1 aliphatic carbocycles. The van der Waals surface area contributed by atoms with Gasteiger partial charge in [-0.25, -0.2) is 4.79 Å². The third kappa shape index (κ3) is 2.64. The Morgan fingerprint density at radius 1 is 1.40 bits per heavy atom. The second kappa shape index (κ2) is 4.42. The molecule has 0 aromatic rings. The lowest BCUT2D eigenvalue weighted by atomic mass is 10.00. The smallest absolute Gasteiger partial charge is 0.317 e. The maximum atomic E-state index is 11.8. The number of nitrogens with one attached hydrogen (secondary N) is 1. The lowest BCUT2D eigenvalue weighted by Crippen LogP contribution is -2.45. The highest BCUT2D eigenvalue weighted by molar-refractivity contribution is 5.75. The van der Waals surface area contributed by atoms with Gasteiger partial charge in [-0.1, -0.05) is 20.3 Å². The first kappa shape index (κ1) is 10.8. The highest BCUT2D eigenvalue weighted by Gasteiger charge is 2.37. The monoisotopic (exact) mass is 210 g/mol. The Balaban J connectivity index is 1.72. The Morgan fingerprint density at radius 2 is 2.07 bits per heavy atom. The van der Waals surface area contributed by atoms with Crippen LogP contribution in [0.15, 0.2) is 0 Å². The zero-order valence-corrected chi connectivity index (χ0v) is 9.83. The molecule has 2 unspecified atom stereocenters. The third-order valence-corrected chi connectivity index (χ3v) is 3.83. The van der Waals surface area contributed by atoms with Gasteiger partial charge in [-0.05, 0) is 31.1 Å². The molecule has 3 heteroatoms. The Hall–Kier alpha value is -0.730. The fourth-order valence-electron chi connectivity index (χ4n) is 2.34. The topological polar surface area (TPSA) is 32.3 Å². The van der Waals surface area contributed by atoms with Gasteiger partial charge < -0.3 is 10.2 Å². The molecule has 2 rings (SSSR count). The minimum Gasteiger partial charge on any atom is -0.335 e. The van der Waals surface area contributed by atoms with Gasteiger partial charge in [0.1, 0.15) is 0 Å². The van der Waals surface area contributed by atoms with Gasteiger partial charge in [0.25, 0.3) is 0 Å². The summed E-state index contributed by atoms with van der Waals surface area (Å²) in [5.74, 6) is 1.54. The molecule has 1 saturated carbocycles. The molecular formula is C12H22N2O. The molecule has 2 aliphatic rings. The Labute approximate surface area is 92.2 Å². The summed E-state index contributed by atoms with van der Waals surface area (Å²) in [5, 5.41) is 3.13. The van der Waals surface area contributed by atoms with E-state index in [1.54, 1.807) is 0 Å². The second-order valence-corrected chi connectivity index (χ2v) is 5.13. The van der Waals surface area contributed by atoms with E-state index in [9.17, 15) is 4.79 Å². The van der Waals surface area contributed by atoms with E-state index in [1.807, 2.05) is 4.90 Å². The number of hydrogen-bond donors (Lipinski definition) is 1. The Morgan fingerprint density at radius 3 is 2.60 bits per heavy atom. The van der Waals surface area contributed by atoms with Crippen LogP contribution >= 0.6 is 0 Å². The van der Waals surface area contributed by atoms with Crippen LogP contribution in [-0.2, 0) is 0 Å². The van der Waals surface area contributed by atoms with Gasteiger partial charge in [0.2, 0.25) is 0 Å². The van der Waals surface area contributed by atoms with Crippen molar-refractivity contribution in [2.45, 2.75) is 45.6 Å². The van der Waals surface area contributed by atoms with E-state index >= 15 is 0 Å². The Bertz CT molecular complexity index is 234. The molecule has 1 N–H and O–H groups in total. The molecule has 0 radical (unpaired) electrons. The zero-order chi connectivity index (χ0) is 10.8. The predicted molar refractivity (Wildman–Crippen MR) is 60.7 cm³/mol. The summed E-state index contributed by atoms with van der Waals surface area (Å²) in [6.07, 6.45) is 4.71. The molecule has 1 aliphatic heterocycles. The summed E-state index contributed by atoms with van der Waals surface area (Å²) in [4.78, 5) is 13.8. The number of piperidine rings is 1.